The maximum Gasteiger partial charge on any atom is 0.416 e. The van der Waals surface area contributed by atoms with Gasteiger partial charge < -0.3 is 9.47 Å². The van der Waals surface area contributed by atoms with Crippen LogP contribution in [0.2, 0.25) is 0 Å². The first-order chi connectivity index (χ1) is 12.2. The Hall–Kier alpha value is -3.09. The molecule has 0 spiro atoms. The zero-order valence-corrected chi connectivity index (χ0v) is 14.0. The molecule has 0 N–H and O–H groups in total. The van der Waals surface area contributed by atoms with E-state index >= 15 is 0 Å². The number of methoxy groups -OCH3 is 1. The Labute approximate surface area is 147 Å². The Bertz CT molecular complexity index is 837. The van der Waals surface area contributed by atoms with E-state index in [0.717, 1.165) is 24.3 Å². The topological polar surface area (TPSA) is 52.6 Å². The van der Waals surface area contributed by atoms with Gasteiger partial charge in [0.1, 0.15) is 11.5 Å². The molecular formula is C19H15F3O4. The normalized spacial score (nSPS) is 11.4. The van der Waals surface area contributed by atoms with Gasteiger partial charge in [0.2, 0.25) is 0 Å². The van der Waals surface area contributed by atoms with E-state index in [1.54, 1.807) is 6.07 Å². The van der Waals surface area contributed by atoms with Gasteiger partial charge >= 0.3 is 12.1 Å². The molecule has 0 aliphatic carbocycles. The molecule has 0 radical (unpaired) electrons. The molecule has 136 valence electrons. The van der Waals surface area contributed by atoms with Gasteiger partial charge in [-0.15, -0.1) is 0 Å². The molecule has 0 saturated carbocycles. The van der Waals surface area contributed by atoms with Gasteiger partial charge in [0, 0.05) is 24.1 Å². The lowest BCUT2D eigenvalue weighted by molar-refractivity contribution is -0.137. The summed E-state index contributed by atoms with van der Waals surface area (Å²) in [7, 11) is 1.42. The van der Waals surface area contributed by atoms with Crippen LogP contribution in [0.1, 0.15) is 28.4 Å². The summed E-state index contributed by atoms with van der Waals surface area (Å²) in [6, 6.07) is 8.57. The maximum absolute atomic E-state index is 12.5. The number of esters is 1. The van der Waals surface area contributed by atoms with E-state index in [9.17, 15) is 22.8 Å². The van der Waals surface area contributed by atoms with Gasteiger partial charge in [-0.25, -0.2) is 0 Å². The van der Waals surface area contributed by atoms with Crippen molar-refractivity contribution in [3.8, 4) is 11.5 Å². The number of halogens is 3. The fourth-order valence-electron chi connectivity index (χ4n) is 2.14. The molecule has 0 amide bonds. The van der Waals surface area contributed by atoms with Crippen molar-refractivity contribution in [2.45, 2.75) is 13.1 Å². The molecule has 2 aromatic rings. The second-order valence-corrected chi connectivity index (χ2v) is 5.27. The van der Waals surface area contributed by atoms with Gasteiger partial charge in [0.15, 0.2) is 5.78 Å². The van der Waals surface area contributed by atoms with Crippen LogP contribution in [0.3, 0.4) is 0 Å². The zero-order valence-electron chi connectivity index (χ0n) is 14.0. The van der Waals surface area contributed by atoms with E-state index in [1.807, 2.05) is 0 Å². The van der Waals surface area contributed by atoms with Crippen LogP contribution in [0, 0.1) is 0 Å². The summed E-state index contributed by atoms with van der Waals surface area (Å²) in [5.74, 6) is -0.265. The molecular weight excluding hydrogens is 349 g/mol. The molecule has 4 nitrogen and oxygen atoms in total. The number of ether oxygens (including phenoxy) is 2. The van der Waals surface area contributed by atoms with Crippen molar-refractivity contribution >= 4 is 17.8 Å². The molecule has 0 bridgehead atoms. The molecule has 0 aliphatic rings. The Morgan fingerprint density at radius 1 is 1.04 bits per heavy atom. The summed E-state index contributed by atoms with van der Waals surface area (Å²) in [5, 5.41) is 0. The third-order valence-electron chi connectivity index (χ3n) is 3.38. The average Bonchev–Trinajstić information content (AvgIpc) is 2.59. The van der Waals surface area contributed by atoms with Crippen LogP contribution in [0.5, 0.6) is 11.5 Å². The number of alkyl halides is 3. The Balaban J connectivity index is 2.18. The van der Waals surface area contributed by atoms with Gasteiger partial charge in [0.25, 0.3) is 0 Å². The summed E-state index contributed by atoms with van der Waals surface area (Å²) in [5.41, 5.74) is -0.144. The molecule has 0 atom stereocenters. The first-order valence-electron chi connectivity index (χ1n) is 7.47. The SMILES string of the molecule is COc1cc(OC(C)=O)ccc1/C=C/C(=O)c1ccc(C(F)(F)F)cc1. The first kappa shape index (κ1) is 19.2. The van der Waals surface area contributed by atoms with Crippen molar-refractivity contribution in [2.75, 3.05) is 7.11 Å². The quantitative estimate of drug-likeness (QED) is 0.338. The van der Waals surface area contributed by atoms with E-state index in [0.29, 0.717) is 17.1 Å². The summed E-state index contributed by atoms with van der Waals surface area (Å²) in [4.78, 5) is 23.1. The number of hydrogen-bond acceptors (Lipinski definition) is 4. The smallest absolute Gasteiger partial charge is 0.416 e. The van der Waals surface area contributed by atoms with E-state index in [-0.39, 0.29) is 5.56 Å². The van der Waals surface area contributed by atoms with Crippen LogP contribution in [0.4, 0.5) is 13.2 Å². The van der Waals surface area contributed by atoms with Gasteiger partial charge in [0.05, 0.1) is 12.7 Å². The van der Waals surface area contributed by atoms with E-state index in [2.05, 4.69) is 0 Å². The van der Waals surface area contributed by atoms with Gasteiger partial charge in [-0.1, -0.05) is 12.1 Å². The third-order valence-corrected chi connectivity index (χ3v) is 3.38. The second-order valence-electron chi connectivity index (χ2n) is 5.27. The highest BCUT2D eigenvalue weighted by Crippen LogP contribution is 2.29. The average molecular weight is 364 g/mol. The van der Waals surface area contributed by atoms with Crippen molar-refractivity contribution in [1.29, 1.82) is 0 Å². The number of carbonyl (C=O) groups excluding carboxylic acids is 2. The molecule has 0 saturated heterocycles. The van der Waals surface area contributed by atoms with E-state index in [4.69, 9.17) is 9.47 Å². The Kier molecular flexibility index (Phi) is 5.82. The highest BCUT2D eigenvalue weighted by Gasteiger charge is 2.30. The minimum Gasteiger partial charge on any atom is -0.496 e. The van der Waals surface area contributed by atoms with Crippen molar-refractivity contribution in [1.82, 2.24) is 0 Å². The minimum absolute atomic E-state index is 0.129. The lowest BCUT2D eigenvalue weighted by Crippen LogP contribution is -2.05. The Morgan fingerprint density at radius 3 is 2.23 bits per heavy atom. The van der Waals surface area contributed by atoms with Crippen LogP contribution >= 0.6 is 0 Å². The molecule has 7 heteroatoms. The first-order valence-corrected chi connectivity index (χ1v) is 7.47. The van der Waals surface area contributed by atoms with Crippen molar-refractivity contribution in [3.63, 3.8) is 0 Å². The fraction of sp³-hybridized carbons (Fsp3) is 0.158. The van der Waals surface area contributed by atoms with E-state index in [1.165, 1.54) is 38.3 Å². The standard InChI is InChI=1S/C19H15F3O4/c1-12(23)26-16-9-5-14(18(11-16)25-2)6-10-17(24)13-3-7-15(8-4-13)19(20,21)22/h3-11H,1-2H3/b10-6+. The van der Waals surface area contributed by atoms with Crippen LogP contribution < -0.4 is 9.47 Å². The number of ketones is 1. The molecule has 0 fully saturated rings. The number of rotatable bonds is 5. The predicted octanol–water partition coefficient (Wildman–Crippen LogP) is 4.54. The monoisotopic (exact) mass is 364 g/mol. The molecule has 2 rings (SSSR count). The van der Waals surface area contributed by atoms with Gasteiger partial charge in [-0.2, -0.15) is 13.2 Å². The zero-order chi connectivity index (χ0) is 19.3. The van der Waals surface area contributed by atoms with Gasteiger partial charge in [-0.05, 0) is 36.4 Å². The van der Waals surface area contributed by atoms with Gasteiger partial charge in [-0.3, -0.25) is 9.59 Å². The van der Waals surface area contributed by atoms with Crippen molar-refractivity contribution in [2.24, 2.45) is 0 Å². The third kappa shape index (κ3) is 4.95. The molecule has 0 unspecified atom stereocenters. The molecule has 0 aliphatic heterocycles. The van der Waals surface area contributed by atoms with Crippen LogP contribution in [0.15, 0.2) is 48.5 Å². The summed E-state index contributed by atoms with van der Waals surface area (Å²) in [6.07, 6.45) is -1.75. The Morgan fingerprint density at radius 2 is 1.69 bits per heavy atom. The number of carbonyl (C=O) groups is 2. The number of benzene rings is 2. The summed E-state index contributed by atoms with van der Waals surface area (Å²) in [6.45, 7) is 1.27. The highest BCUT2D eigenvalue weighted by atomic mass is 19.4. The lowest BCUT2D eigenvalue weighted by atomic mass is 10.1. The largest absolute Gasteiger partial charge is 0.496 e. The number of hydrogen-bond donors (Lipinski definition) is 0. The fourth-order valence-corrected chi connectivity index (χ4v) is 2.14. The van der Waals surface area contributed by atoms with Crippen molar-refractivity contribution < 1.29 is 32.2 Å². The lowest BCUT2D eigenvalue weighted by Gasteiger charge is -2.08. The van der Waals surface area contributed by atoms with Crippen LogP contribution in [0.25, 0.3) is 6.08 Å². The van der Waals surface area contributed by atoms with Crippen LogP contribution in [-0.4, -0.2) is 18.9 Å². The minimum atomic E-state index is -4.45. The molecule has 0 aromatic heterocycles. The van der Waals surface area contributed by atoms with Crippen molar-refractivity contribution in [3.05, 3.63) is 65.2 Å². The highest BCUT2D eigenvalue weighted by molar-refractivity contribution is 6.07. The molecule has 26 heavy (non-hydrogen) atoms. The second kappa shape index (κ2) is 7.86. The van der Waals surface area contributed by atoms with Crippen LogP contribution in [-0.2, 0) is 11.0 Å². The summed E-state index contributed by atoms with van der Waals surface area (Å²) >= 11 is 0. The predicted molar refractivity (Wildman–Crippen MR) is 89.1 cm³/mol. The van der Waals surface area contributed by atoms with E-state index < -0.39 is 23.5 Å². The molecule has 0 heterocycles. The molecule has 2 aromatic carbocycles. The summed E-state index contributed by atoms with van der Waals surface area (Å²) < 4.78 is 47.7. The number of allylic oxidation sites excluding steroid dienone is 1. The maximum atomic E-state index is 12.5.